The molecule has 0 aromatic heterocycles. The maximum Gasteiger partial charge on any atom is 0.230 e. The third kappa shape index (κ3) is 4.72. The number of rotatable bonds is 6. The Morgan fingerprint density at radius 1 is 1.64 bits per heavy atom. The summed E-state index contributed by atoms with van der Waals surface area (Å²) in [5, 5.41) is 2.09. The van der Waals surface area contributed by atoms with E-state index in [4.69, 9.17) is 0 Å². The maximum atomic E-state index is 11.3. The van der Waals surface area contributed by atoms with E-state index in [2.05, 4.69) is 22.0 Å². The molecule has 3 nitrogen and oxygen atoms in total. The predicted octanol–water partition coefficient (Wildman–Crippen LogP) is 2.07. The van der Waals surface area contributed by atoms with Gasteiger partial charge in [-0.3, -0.25) is 9.79 Å². The van der Waals surface area contributed by atoms with Crippen LogP contribution < -0.4 is 4.72 Å². The quantitative estimate of drug-likeness (QED) is 0.418. The largest absolute Gasteiger partial charge is 0.300 e. The molecule has 1 atom stereocenters. The third-order valence-electron chi connectivity index (χ3n) is 1.65. The van der Waals surface area contributed by atoms with Crippen molar-refractivity contribution >= 4 is 34.3 Å². The molecule has 0 spiro atoms. The average molecular weight is 232 g/mol. The average Bonchev–Trinajstić information content (AvgIpc) is 2.68. The Morgan fingerprint density at radius 3 is 3.14 bits per heavy atom. The summed E-state index contributed by atoms with van der Waals surface area (Å²) in [6.45, 7) is 2.10. The summed E-state index contributed by atoms with van der Waals surface area (Å²) in [5.74, 6) is 2.05. The molecule has 1 amide bonds. The molecular weight excluding hydrogens is 216 g/mol. The van der Waals surface area contributed by atoms with Gasteiger partial charge in [-0.1, -0.05) is 18.9 Å². The molecule has 0 aliphatic carbocycles. The van der Waals surface area contributed by atoms with Gasteiger partial charge < -0.3 is 4.72 Å². The molecule has 1 heterocycles. The zero-order valence-corrected chi connectivity index (χ0v) is 9.98. The number of amides is 1. The minimum atomic E-state index is -0.239. The van der Waals surface area contributed by atoms with E-state index < -0.39 is 0 Å². The number of hydrogen-bond acceptors (Lipinski definition) is 3. The van der Waals surface area contributed by atoms with Crippen molar-refractivity contribution in [3.05, 3.63) is 11.6 Å². The van der Waals surface area contributed by atoms with E-state index in [1.54, 1.807) is 0 Å². The fraction of sp³-hybridized carbons (Fsp3) is 0.556. The lowest BCUT2D eigenvalue weighted by Crippen LogP contribution is -2.17. The van der Waals surface area contributed by atoms with Crippen molar-refractivity contribution < 1.29 is 4.79 Å². The molecule has 0 fully saturated rings. The van der Waals surface area contributed by atoms with Crippen LogP contribution in [0.2, 0.25) is 0 Å². The second kappa shape index (κ2) is 6.95. The molecule has 1 aliphatic rings. The number of carbonyl (C=O) groups is 1. The Bertz CT molecular complexity index is 229. The number of thiol groups is 1. The lowest BCUT2D eigenvalue weighted by Gasteiger charge is -2.07. The monoisotopic (exact) mass is 232 g/mol. The van der Waals surface area contributed by atoms with Crippen molar-refractivity contribution in [2.75, 3.05) is 11.5 Å². The fourth-order valence-corrected chi connectivity index (χ4v) is 2.80. The van der Waals surface area contributed by atoms with E-state index in [0.717, 1.165) is 17.9 Å². The van der Waals surface area contributed by atoms with Crippen LogP contribution in [0, 0.1) is 0 Å². The molecule has 1 unspecified atom stereocenters. The van der Waals surface area contributed by atoms with Crippen molar-refractivity contribution in [2.24, 2.45) is 4.99 Å². The van der Waals surface area contributed by atoms with Crippen molar-refractivity contribution in [3.8, 4) is 0 Å². The van der Waals surface area contributed by atoms with Gasteiger partial charge in [0.25, 0.3) is 0 Å². The van der Waals surface area contributed by atoms with Gasteiger partial charge in [-0.05, 0) is 17.6 Å². The summed E-state index contributed by atoms with van der Waals surface area (Å²) in [7, 11) is -0.239. The molecule has 0 aromatic carbocycles. The first-order valence-electron chi connectivity index (χ1n) is 4.69. The normalized spacial score (nSPS) is 21.4. The van der Waals surface area contributed by atoms with Crippen molar-refractivity contribution in [1.82, 2.24) is 4.72 Å². The molecule has 0 bridgehead atoms. The highest BCUT2D eigenvalue weighted by molar-refractivity contribution is 8.31. The van der Waals surface area contributed by atoms with Crippen LogP contribution in [0.25, 0.3) is 0 Å². The van der Waals surface area contributed by atoms with Crippen LogP contribution >= 0.6 is 22.8 Å². The van der Waals surface area contributed by atoms with Gasteiger partial charge in [-0.15, -0.1) is 0 Å². The molecule has 0 saturated carbocycles. The van der Waals surface area contributed by atoms with Crippen LogP contribution in [-0.2, 0) is 4.79 Å². The molecule has 0 aromatic rings. The molecule has 80 valence electrons. The smallest absolute Gasteiger partial charge is 0.230 e. The first-order chi connectivity index (χ1) is 6.83. The summed E-state index contributed by atoms with van der Waals surface area (Å²) in [5.41, 5.74) is 1.95. The van der Waals surface area contributed by atoms with Gasteiger partial charge >= 0.3 is 0 Å². The number of aliphatic imine (C=N–C) groups is 1. The third-order valence-corrected chi connectivity index (χ3v) is 4.32. The molecular formula is C9H16N2OS2. The van der Waals surface area contributed by atoms with Crippen LogP contribution in [0.4, 0.5) is 0 Å². The predicted molar refractivity (Wildman–Crippen MR) is 67.0 cm³/mol. The number of nitrogens with one attached hydrogen (secondary N) is 1. The molecule has 0 radical (unpaired) electrons. The van der Waals surface area contributed by atoms with Gasteiger partial charge in [-0.2, -0.15) is 10.9 Å². The molecule has 1 N–H and O–H groups in total. The zero-order valence-electron chi connectivity index (χ0n) is 8.27. The highest BCUT2D eigenvalue weighted by atomic mass is 32.2. The van der Waals surface area contributed by atoms with Gasteiger partial charge in [0.2, 0.25) is 5.91 Å². The maximum absolute atomic E-state index is 11.3. The zero-order chi connectivity index (χ0) is 10.2. The van der Waals surface area contributed by atoms with Gasteiger partial charge in [0.15, 0.2) is 0 Å². The van der Waals surface area contributed by atoms with Crippen molar-refractivity contribution in [2.45, 2.75) is 19.8 Å². The number of carbonyl (C=O) groups excluding carboxylic acids is 1. The van der Waals surface area contributed by atoms with Crippen LogP contribution in [0.5, 0.6) is 0 Å². The molecule has 1 aliphatic heterocycles. The first kappa shape index (κ1) is 11.7. The van der Waals surface area contributed by atoms with E-state index in [0.29, 0.717) is 6.42 Å². The van der Waals surface area contributed by atoms with E-state index >= 15 is 0 Å². The SMILES string of the molecule is CCCSNC(=O)CC[SH]1C=CN=C1. The standard InChI is InChI=1S/C9H16N2OS2/c1-2-5-13-11-9(12)3-6-14-7-4-10-8-14/h4,7-8,14H,2-3,5-6H2,1H3,(H,11,12). The summed E-state index contributed by atoms with van der Waals surface area (Å²) in [6, 6.07) is 0. The van der Waals surface area contributed by atoms with Gasteiger partial charge in [0, 0.05) is 23.9 Å². The molecule has 14 heavy (non-hydrogen) atoms. The summed E-state index contributed by atoms with van der Waals surface area (Å²) < 4.78 is 2.83. The lowest BCUT2D eigenvalue weighted by atomic mass is 10.5. The summed E-state index contributed by atoms with van der Waals surface area (Å²) in [6.07, 6.45) is 3.52. The summed E-state index contributed by atoms with van der Waals surface area (Å²) in [4.78, 5) is 15.3. The summed E-state index contributed by atoms with van der Waals surface area (Å²) >= 11 is 1.50. The second-order valence-corrected chi connectivity index (χ2v) is 5.83. The van der Waals surface area contributed by atoms with Crippen molar-refractivity contribution in [1.29, 1.82) is 0 Å². The van der Waals surface area contributed by atoms with E-state index in [-0.39, 0.29) is 16.8 Å². The minimum Gasteiger partial charge on any atom is -0.300 e. The second-order valence-electron chi connectivity index (χ2n) is 2.92. The highest BCUT2D eigenvalue weighted by Crippen LogP contribution is 2.27. The van der Waals surface area contributed by atoms with E-state index in [1.165, 1.54) is 11.9 Å². The van der Waals surface area contributed by atoms with Crippen LogP contribution in [0.3, 0.4) is 0 Å². The van der Waals surface area contributed by atoms with Crippen LogP contribution in [0.1, 0.15) is 19.8 Å². The van der Waals surface area contributed by atoms with E-state index in [1.807, 2.05) is 11.7 Å². The van der Waals surface area contributed by atoms with Crippen LogP contribution in [-0.4, -0.2) is 23.0 Å². The Labute approximate surface area is 91.9 Å². The lowest BCUT2D eigenvalue weighted by molar-refractivity contribution is -0.118. The Balaban J connectivity index is 2.03. The highest BCUT2D eigenvalue weighted by Gasteiger charge is 2.05. The Hall–Kier alpha value is -0.420. The minimum absolute atomic E-state index is 0.139. The van der Waals surface area contributed by atoms with Gasteiger partial charge in [0.1, 0.15) is 0 Å². The van der Waals surface area contributed by atoms with Crippen molar-refractivity contribution in [3.63, 3.8) is 0 Å². The first-order valence-corrected chi connectivity index (χ1v) is 7.34. The number of hydrogen-bond donors (Lipinski definition) is 2. The number of nitrogens with zero attached hydrogens (tertiary/aromatic N) is 1. The fourth-order valence-electron chi connectivity index (χ4n) is 0.934. The Morgan fingerprint density at radius 2 is 2.50 bits per heavy atom. The Kier molecular flexibility index (Phi) is 5.78. The molecule has 5 heteroatoms. The van der Waals surface area contributed by atoms with Gasteiger partial charge in [0.05, 0.1) is 0 Å². The van der Waals surface area contributed by atoms with Gasteiger partial charge in [-0.25, -0.2) is 0 Å². The van der Waals surface area contributed by atoms with E-state index in [9.17, 15) is 4.79 Å². The van der Waals surface area contributed by atoms with Crippen LogP contribution in [0.15, 0.2) is 16.6 Å². The topological polar surface area (TPSA) is 41.5 Å². The molecule has 0 saturated heterocycles. The molecule has 1 rings (SSSR count).